The number of hydrogen-bond acceptors (Lipinski definition) is 4. The van der Waals surface area contributed by atoms with Gasteiger partial charge >= 0.3 is 0 Å². The number of amides is 1. The quantitative estimate of drug-likeness (QED) is 0.450. The molecule has 1 amide bonds. The lowest BCUT2D eigenvalue weighted by Gasteiger charge is -2.09. The molecule has 1 heterocycles. The molecule has 1 N–H and O–H groups in total. The van der Waals surface area contributed by atoms with Crippen LogP contribution in [0.3, 0.4) is 0 Å². The number of fused-ring (bicyclic) bond motifs is 1. The molecule has 0 saturated heterocycles. The van der Waals surface area contributed by atoms with Gasteiger partial charge in [-0.15, -0.1) is 23.1 Å². The Morgan fingerprint density at radius 3 is 2.52 bits per heavy atom. The van der Waals surface area contributed by atoms with Crippen LogP contribution in [0.4, 0.5) is 5.69 Å². The summed E-state index contributed by atoms with van der Waals surface area (Å²) in [6.45, 7) is 0. The van der Waals surface area contributed by atoms with Crippen LogP contribution in [-0.4, -0.2) is 16.6 Å². The highest BCUT2D eigenvalue weighted by molar-refractivity contribution is 7.99. The maximum absolute atomic E-state index is 12.4. The van der Waals surface area contributed by atoms with Crippen LogP contribution in [0, 0.1) is 0 Å². The molecular formula is C22H18N2OS2. The second-order valence-electron chi connectivity index (χ2n) is 6.06. The van der Waals surface area contributed by atoms with Crippen LogP contribution in [0.5, 0.6) is 0 Å². The lowest BCUT2D eigenvalue weighted by molar-refractivity contribution is -0.113. The van der Waals surface area contributed by atoms with Gasteiger partial charge in [-0.25, -0.2) is 4.98 Å². The Bertz CT molecular complexity index is 1030. The molecule has 0 aliphatic rings. The van der Waals surface area contributed by atoms with E-state index in [2.05, 4.69) is 23.5 Å². The first-order chi connectivity index (χ1) is 13.3. The van der Waals surface area contributed by atoms with Crippen molar-refractivity contribution in [1.82, 2.24) is 4.98 Å². The number of carbonyl (C=O) groups is 1. The van der Waals surface area contributed by atoms with Gasteiger partial charge in [-0.3, -0.25) is 4.79 Å². The molecule has 3 aromatic carbocycles. The third-order valence-electron chi connectivity index (χ3n) is 4.07. The monoisotopic (exact) mass is 390 g/mol. The van der Waals surface area contributed by atoms with Gasteiger partial charge < -0.3 is 5.32 Å². The van der Waals surface area contributed by atoms with Crippen molar-refractivity contribution in [3.8, 4) is 10.6 Å². The molecule has 27 heavy (non-hydrogen) atoms. The van der Waals surface area contributed by atoms with Gasteiger partial charge in [0.05, 0.1) is 21.7 Å². The van der Waals surface area contributed by atoms with Gasteiger partial charge in [-0.1, -0.05) is 54.6 Å². The molecule has 0 atom stereocenters. The predicted octanol–water partition coefficient (Wildman–Crippen LogP) is 5.84. The van der Waals surface area contributed by atoms with Crippen molar-refractivity contribution < 1.29 is 4.79 Å². The van der Waals surface area contributed by atoms with Gasteiger partial charge in [0.1, 0.15) is 5.01 Å². The van der Waals surface area contributed by atoms with Crippen molar-refractivity contribution in [1.29, 1.82) is 0 Å². The van der Waals surface area contributed by atoms with Crippen molar-refractivity contribution in [2.45, 2.75) is 5.75 Å². The van der Waals surface area contributed by atoms with Crippen LogP contribution < -0.4 is 5.32 Å². The summed E-state index contributed by atoms with van der Waals surface area (Å²) in [5, 5.41) is 3.97. The second-order valence-corrected chi connectivity index (χ2v) is 8.08. The molecule has 5 heteroatoms. The van der Waals surface area contributed by atoms with Crippen molar-refractivity contribution >= 4 is 44.9 Å². The fourth-order valence-electron chi connectivity index (χ4n) is 2.79. The van der Waals surface area contributed by atoms with E-state index in [1.807, 2.05) is 60.7 Å². The summed E-state index contributed by atoms with van der Waals surface area (Å²) in [5.74, 6) is 1.25. The van der Waals surface area contributed by atoms with Crippen LogP contribution in [0.25, 0.3) is 20.8 Å². The van der Waals surface area contributed by atoms with E-state index in [0.29, 0.717) is 5.75 Å². The van der Waals surface area contributed by atoms with Crippen molar-refractivity contribution in [2.24, 2.45) is 0 Å². The first-order valence-corrected chi connectivity index (χ1v) is 10.6. The molecular weight excluding hydrogens is 372 g/mol. The lowest BCUT2D eigenvalue weighted by Crippen LogP contribution is -2.14. The summed E-state index contributed by atoms with van der Waals surface area (Å²) in [6.07, 6.45) is 0. The van der Waals surface area contributed by atoms with E-state index in [4.69, 9.17) is 4.98 Å². The Balaban J connectivity index is 1.45. The normalized spacial score (nSPS) is 10.8. The standard InChI is InChI=1S/C22H18N2OS2/c25-21(15-26-14-16-8-2-1-3-9-16)23-18-11-5-4-10-17(18)22-24-19-12-6-7-13-20(19)27-22/h1-13H,14-15H2,(H,23,25). The minimum Gasteiger partial charge on any atom is -0.325 e. The van der Waals surface area contributed by atoms with Crippen LogP contribution >= 0.6 is 23.1 Å². The van der Waals surface area contributed by atoms with E-state index in [0.717, 1.165) is 32.2 Å². The number of para-hydroxylation sites is 2. The molecule has 0 aliphatic heterocycles. The number of hydrogen-bond donors (Lipinski definition) is 1. The molecule has 0 saturated carbocycles. The average molecular weight is 391 g/mol. The fraction of sp³-hybridized carbons (Fsp3) is 0.0909. The second kappa shape index (κ2) is 8.37. The summed E-state index contributed by atoms with van der Waals surface area (Å²) < 4.78 is 1.15. The van der Waals surface area contributed by atoms with Crippen molar-refractivity contribution in [2.75, 3.05) is 11.1 Å². The lowest BCUT2D eigenvalue weighted by atomic mass is 10.2. The van der Waals surface area contributed by atoms with E-state index in [1.165, 1.54) is 5.56 Å². The van der Waals surface area contributed by atoms with Crippen molar-refractivity contribution in [3.63, 3.8) is 0 Å². The first-order valence-electron chi connectivity index (χ1n) is 8.66. The maximum atomic E-state index is 12.4. The highest BCUT2D eigenvalue weighted by atomic mass is 32.2. The number of rotatable bonds is 6. The van der Waals surface area contributed by atoms with E-state index in [-0.39, 0.29) is 5.91 Å². The number of benzene rings is 3. The molecule has 4 rings (SSSR count). The predicted molar refractivity (Wildman–Crippen MR) is 116 cm³/mol. The SMILES string of the molecule is O=C(CSCc1ccccc1)Nc1ccccc1-c1nc2ccccc2s1. The first kappa shape index (κ1) is 17.8. The van der Waals surface area contributed by atoms with E-state index in [9.17, 15) is 4.79 Å². The highest BCUT2D eigenvalue weighted by Gasteiger charge is 2.12. The van der Waals surface area contributed by atoms with E-state index < -0.39 is 0 Å². The molecule has 0 radical (unpaired) electrons. The third-order valence-corrected chi connectivity index (χ3v) is 6.14. The largest absolute Gasteiger partial charge is 0.325 e. The van der Waals surface area contributed by atoms with Crippen LogP contribution in [0.2, 0.25) is 0 Å². The summed E-state index contributed by atoms with van der Waals surface area (Å²) >= 11 is 3.25. The molecule has 134 valence electrons. The molecule has 0 spiro atoms. The van der Waals surface area contributed by atoms with Gasteiger partial charge in [0.15, 0.2) is 0 Å². The average Bonchev–Trinajstić information content (AvgIpc) is 3.13. The molecule has 1 aromatic heterocycles. The topological polar surface area (TPSA) is 42.0 Å². The zero-order valence-corrected chi connectivity index (χ0v) is 16.2. The Morgan fingerprint density at radius 2 is 1.67 bits per heavy atom. The molecule has 0 fully saturated rings. The Morgan fingerprint density at radius 1 is 0.926 bits per heavy atom. The number of nitrogens with zero attached hydrogens (tertiary/aromatic N) is 1. The molecule has 3 nitrogen and oxygen atoms in total. The Hall–Kier alpha value is -2.63. The van der Waals surface area contributed by atoms with Crippen molar-refractivity contribution in [3.05, 3.63) is 84.4 Å². The number of thioether (sulfide) groups is 1. The number of anilines is 1. The van der Waals surface area contributed by atoms with Crippen LogP contribution in [-0.2, 0) is 10.5 Å². The summed E-state index contributed by atoms with van der Waals surface area (Å²) in [7, 11) is 0. The maximum Gasteiger partial charge on any atom is 0.234 e. The molecule has 0 unspecified atom stereocenters. The van der Waals surface area contributed by atoms with Gasteiger partial charge in [0, 0.05) is 11.3 Å². The smallest absolute Gasteiger partial charge is 0.234 e. The number of carbonyl (C=O) groups excluding carboxylic acids is 1. The van der Waals surface area contributed by atoms with Gasteiger partial charge in [-0.05, 0) is 29.8 Å². The molecule has 0 aliphatic carbocycles. The van der Waals surface area contributed by atoms with Gasteiger partial charge in [0.2, 0.25) is 5.91 Å². The number of aromatic nitrogens is 1. The van der Waals surface area contributed by atoms with Crippen LogP contribution in [0.1, 0.15) is 5.56 Å². The number of nitrogens with one attached hydrogen (secondary N) is 1. The zero-order valence-electron chi connectivity index (χ0n) is 14.6. The van der Waals surface area contributed by atoms with Gasteiger partial charge in [-0.2, -0.15) is 0 Å². The summed E-state index contributed by atoms with van der Waals surface area (Å²) in [6, 6.07) is 26.1. The minimum absolute atomic E-state index is 0.00416. The molecule has 0 bridgehead atoms. The van der Waals surface area contributed by atoms with E-state index in [1.54, 1.807) is 23.1 Å². The third kappa shape index (κ3) is 4.38. The summed E-state index contributed by atoms with van der Waals surface area (Å²) in [5.41, 5.74) is 3.98. The Labute approximate surface area is 166 Å². The fourth-order valence-corrected chi connectivity index (χ4v) is 4.58. The zero-order chi connectivity index (χ0) is 18.5. The van der Waals surface area contributed by atoms with Gasteiger partial charge in [0.25, 0.3) is 0 Å². The van der Waals surface area contributed by atoms with E-state index >= 15 is 0 Å². The highest BCUT2D eigenvalue weighted by Crippen LogP contribution is 2.34. The summed E-state index contributed by atoms with van der Waals surface area (Å²) in [4.78, 5) is 17.1. The molecule has 4 aromatic rings. The van der Waals surface area contributed by atoms with Crippen LogP contribution in [0.15, 0.2) is 78.9 Å². The number of thiazole rings is 1. The minimum atomic E-state index is 0.00416. The Kier molecular flexibility index (Phi) is 5.51.